The lowest BCUT2D eigenvalue weighted by Gasteiger charge is -2.34. The predicted octanol–water partition coefficient (Wildman–Crippen LogP) is 1.78. The van der Waals surface area contributed by atoms with Gasteiger partial charge in [-0.25, -0.2) is 4.98 Å². The topological polar surface area (TPSA) is 57.9 Å². The van der Waals surface area contributed by atoms with Crippen molar-refractivity contribution in [2.75, 3.05) is 26.2 Å². The zero-order chi connectivity index (χ0) is 16.5. The van der Waals surface area contributed by atoms with E-state index in [-0.39, 0.29) is 11.5 Å². The minimum atomic E-state index is -0.0393. The fraction of sp³-hybridized carbons (Fsp3) is 0.312. The fourth-order valence-corrected chi connectivity index (χ4v) is 4.24. The Balaban J connectivity index is 1.40. The van der Waals surface area contributed by atoms with E-state index in [4.69, 9.17) is 0 Å². The van der Waals surface area contributed by atoms with E-state index in [9.17, 15) is 9.59 Å². The highest BCUT2D eigenvalue weighted by atomic mass is 32.1. The van der Waals surface area contributed by atoms with Crippen LogP contribution in [0.1, 0.15) is 16.1 Å². The summed E-state index contributed by atoms with van der Waals surface area (Å²) in [6.07, 6.45) is 1.74. The largest absolute Gasteiger partial charge is 0.336 e. The molecule has 0 bridgehead atoms. The third-order valence-corrected chi connectivity index (χ3v) is 5.61. The van der Waals surface area contributed by atoms with Crippen LogP contribution in [0.2, 0.25) is 0 Å². The van der Waals surface area contributed by atoms with E-state index >= 15 is 0 Å². The number of carbonyl (C=O) groups excluding carboxylic acids is 1. The maximum Gasteiger partial charge on any atom is 0.258 e. The molecule has 4 heterocycles. The third-order valence-electron chi connectivity index (χ3n) is 4.17. The summed E-state index contributed by atoms with van der Waals surface area (Å²) >= 11 is 3.00. The van der Waals surface area contributed by atoms with E-state index in [1.165, 1.54) is 11.3 Å². The first kappa shape index (κ1) is 15.5. The van der Waals surface area contributed by atoms with Gasteiger partial charge in [-0.1, -0.05) is 0 Å². The Kier molecular flexibility index (Phi) is 4.17. The zero-order valence-electron chi connectivity index (χ0n) is 12.9. The van der Waals surface area contributed by atoms with E-state index in [1.54, 1.807) is 28.0 Å². The molecule has 0 aliphatic carbocycles. The van der Waals surface area contributed by atoms with Gasteiger partial charge in [-0.05, 0) is 11.4 Å². The van der Waals surface area contributed by atoms with Gasteiger partial charge in [-0.3, -0.25) is 18.9 Å². The highest BCUT2D eigenvalue weighted by molar-refractivity contribution is 7.15. The lowest BCUT2D eigenvalue weighted by molar-refractivity contribution is 0.0627. The van der Waals surface area contributed by atoms with Crippen LogP contribution >= 0.6 is 22.7 Å². The summed E-state index contributed by atoms with van der Waals surface area (Å²) < 4.78 is 1.56. The molecule has 8 heteroatoms. The molecule has 1 saturated heterocycles. The molecule has 0 N–H and O–H groups in total. The minimum Gasteiger partial charge on any atom is -0.336 e. The van der Waals surface area contributed by atoms with Crippen LogP contribution in [0.5, 0.6) is 0 Å². The number of rotatable bonds is 3. The van der Waals surface area contributed by atoms with Gasteiger partial charge < -0.3 is 4.90 Å². The van der Waals surface area contributed by atoms with E-state index < -0.39 is 0 Å². The molecule has 0 atom stereocenters. The Morgan fingerprint density at radius 2 is 2.04 bits per heavy atom. The van der Waals surface area contributed by atoms with E-state index in [0.717, 1.165) is 29.3 Å². The van der Waals surface area contributed by atoms with Crippen molar-refractivity contribution < 1.29 is 4.79 Å². The van der Waals surface area contributed by atoms with E-state index in [0.29, 0.717) is 19.6 Å². The monoisotopic (exact) mass is 360 g/mol. The molecule has 3 aromatic heterocycles. The molecule has 0 saturated carbocycles. The Bertz CT molecular complexity index is 908. The maximum absolute atomic E-state index is 12.3. The molecular weight excluding hydrogens is 344 g/mol. The molecule has 0 unspecified atom stereocenters. The SMILES string of the molecule is O=C(c1ccsc1)N1CCN(Cc2cc(=O)n3ccsc3n2)CC1. The Hall–Kier alpha value is -2.03. The van der Waals surface area contributed by atoms with Crippen molar-refractivity contribution in [3.63, 3.8) is 0 Å². The van der Waals surface area contributed by atoms with Crippen LogP contribution < -0.4 is 5.56 Å². The Morgan fingerprint density at radius 1 is 1.21 bits per heavy atom. The second-order valence-corrected chi connectivity index (χ2v) is 7.37. The average molecular weight is 360 g/mol. The second kappa shape index (κ2) is 6.46. The van der Waals surface area contributed by atoms with Gasteiger partial charge in [0, 0.05) is 55.7 Å². The predicted molar refractivity (Wildman–Crippen MR) is 94.8 cm³/mol. The van der Waals surface area contributed by atoms with Crippen LogP contribution in [0.4, 0.5) is 0 Å². The third kappa shape index (κ3) is 3.00. The molecular formula is C16H16N4O2S2. The Morgan fingerprint density at radius 3 is 2.79 bits per heavy atom. The molecule has 0 aromatic carbocycles. The molecule has 124 valence electrons. The molecule has 4 rings (SSSR count). The molecule has 3 aromatic rings. The fourth-order valence-electron chi connectivity index (χ4n) is 2.88. The van der Waals surface area contributed by atoms with E-state index in [2.05, 4.69) is 9.88 Å². The molecule has 0 radical (unpaired) electrons. The normalized spacial score (nSPS) is 15.9. The van der Waals surface area contributed by atoms with Crippen LogP contribution in [0.15, 0.2) is 39.3 Å². The smallest absolute Gasteiger partial charge is 0.258 e. The number of aromatic nitrogens is 2. The Labute approximate surface area is 146 Å². The summed E-state index contributed by atoms with van der Waals surface area (Å²) in [5.41, 5.74) is 1.52. The quantitative estimate of drug-likeness (QED) is 0.714. The minimum absolute atomic E-state index is 0.0393. The van der Waals surface area contributed by atoms with Crippen molar-refractivity contribution in [2.24, 2.45) is 0 Å². The summed E-state index contributed by atoms with van der Waals surface area (Å²) in [5, 5.41) is 5.68. The van der Waals surface area contributed by atoms with Crippen LogP contribution in [0, 0.1) is 0 Å². The van der Waals surface area contributed by atoms with Crippen LogP contribution in [0.3, 0.4) is 0 Å². The number of hydrogen-bond acceptors (Lipinski definition) is 6. The van der Waals surface area contributed by atoms with Gasteiger partial charge in [0.25, 0.3) is 11.5 Å². The molecule has 1 amide bonds. The highest BCUT2D eigenvalue weighted by Gasteiger charge is 2.22. The van der Waals surface area contributed by atoms with Gasteiger partial charge in [-0.15, -0.1) is 11.3 Å². The van der Waals surface area contributed by atoms with Crippen LogP contribution in [-0.2, 0) is 6.54 Å². The van der Waals surface area contributed by atoms with Crippen molar-refractivity contribution in [1.82, 2.24) is 19.2 Å². The number of thiophene rings is 1. The van der Waals surface area contributed by atoms with Gasteiger partial charge in [0.05, 0.1) is 11.3 Å². The summed E-state index contributed by atoms with van der Waals surface area (Å²) in [4.78, 5) is 33.8. The summed E-state index contributed by atoms with van der Waals surface area (Å²) in [6.45, 7) is 3.64. The molecule has 1 fully saturated rings. The number of hydrogen-bond donors (Lipinski definition) is 0. The van der Waals surface area contributed by atoms with Crippen molar-refractivity contribution in [3.8, 4) is 0 Å². The number of amides is 1. The number of nitrogens with zero attached hydrogens (tertiary/aromatic N) is 4. The highest BCUT2D eigenvalue weighted by Crippen LogP contribution is 2.13. The number of fused-ring (bicyclic) bond motifs is 1. The van der Waals surface area contributed by atoms with Crippen LogP contribution in [-0.4, -0.2) is 51.3 Å². The summed E-state index contributed by atoms with van der Waals surface area (Å²) in [6, 6.07) is 3.47. The van der Waals surface area contributed by atoms with Crippen molar-refractivity contribution in [3.05, 3.63) is 56.1 Å². The molecule has 0 spiro atoms. The van der Waals surface area contributed by atoms with Gasteiger partial charge in [-0.2, -0.15) is 11.3 Å². The zero-order valence-corrected chi connectivity index (χ0v) is 14.6. The summed E-state index contributed by atoms with van der Waals surface area (Å²) in [5.74, 6) is 0.104. The molecule has 1 aliphatic heterocycles. The number of piperazine rings is 1. The van der Waals surface area contributed by atoms with Gasteiger partial charge in [0.15, 0.2) is 4.96 Å². The van der Waals surface area contributed by atoms with E-state index in [1.807, 2.05) is 27.1 Å². The van der Waals surface area contributed by atoms with Gasteiger partial charge in [0.2, 0.25) is 0 Å². The number of carbonyl (C=O) groups is 1. The van der Waals surface area contributed by atoms with Crippen molar-refractivity contribution >= 4 is 33.5 Å². The van der Waals surface area contributed by atoms with Crippen LogP contribution in [0.25, 0.3) is 4.96 Å². The van der Waals surface area contributed by atoms with Crippen molar-refractivity contribution in [2.45, 2.75) is 6.54 Å². The first-order valence-electron chi connectivity index (χ1n) is 7.70. The lowest BCUT2D eigenvalue weighted by atomic mass is 10.2. The molecule has 1 aliphatic rings. The first-order valence-corrected chi connectivity index (χ1v) is 9.52. The second-order valence-electron chi connectivity index (χ2n) is 5.72. The van der Waals surface area contributed by atoms with Gasteiger partial charge >= 0.3 is 0 Å². The standard InChI is InChI=1S/C16H16N4O2S2/c21-14-9-13(17-16-20(14)6-8-24-16)10-18-2-4-19(5-3-18)15(22)12-1-7-23-11-12/h1,6-9,11H,2-5,10H2. The summed E-state index contributed by atoms with van der Waals surface area (Å²) in [7, 11) is 0. The van der Waals surface area contributed by atoms with Crippen molar-refractivity contribution in [1.29, 1.82) is 0 Å². The average Bonchev–Trinajstić information content (AvgIpc) is 3.26. The molecule has 24 heavy (non-hydrogen) atoms. The first-order chi connectivity index (χ1) is 11.7. The van der Waals surface area contributed by atoms with Gasteiger partial charge in [0.1, 0.15) is 0 Å². The lowest BCUT2D eigenvalue weighted by Crippen LogP contribution is -2.48. The maximum atomic E-state index is 12.3. The molecule has 6 nitrogen and oxygen atoms in total. The number of thiazole rings is 1.